The van der Waals surface area contributed by atoms with Crippen LogP contribution in [0, 0.1) is 12.8 Å². The fourth-order valence-electron chi connectivity index (χ4n) is 5.49. The zero-order valence-electron chi connectivity index (χ0n) is 20.2. The number of piperidine rings is 1. The van der Waals surface area contributed by atoms with Crippen LogP contribution in [0.3, 0.4) is 0 Å². The van der Waals surface area contributed by atoms with E-state index in [9.17, 15) is 4.79 Å². The molecule has 5 heterocycles. The number of rotatable bonds is 3. The van der Waals surface area contributed by atoms with Crippen molar-refractivity contribution >= 4 is 23.4 Å². The Kier molecular flexibility index (Phi) is 5.90. The van der Waals surface area contributed by atoms with Gasteiger partial charge in [0.05, 0.1) is 24.6 Å². The first kappa shape index (κ1) is 22.1. The largest absolute Gasteiger partial charge is 0.378 e. The van der Waals surface area contributed by atoms with Crippen molar-refractivity contribution in [3.8, 4) is 11.3 Å². The molecule has 35 heavy (non-hydrogen) atoms. The van der Waals surface area contributed by atoms with Gasteiger partial charge in [0.25, 0.3) is 0 Å². The summed E-state index contributed by atoms with van der Waals surface area (Å²) in [7, 11) is 0. The average Bonchev–Trinajstić information content (AvgIpc) is 3.27. The molecule has 8 nitrogen and oxygen atoms in total. The van der Waals surface area contributed by atoms with Crippen molar-refractivity contribution in [1.82, 2.24) is 15.0 Å². The van der Waals surface area contributed by atoms with Gasteiger partial charge in [-0.1, -0.05) is 24.3 Å². The summed E-state index contributed by atoms with van der Waals surface area (Å²) >= 11 is 0. The van der Waals surface area contributed by atoms with Gasteiger partial charge in [-0.15, -0.1) is 0 Å². The van der Waals surface area contributed by atoms with Crippen LogP contribution >= 0.6 is 0 Å². The number of H-pyrrole nitrogens is 1. The molecule has 0 radical (unpaired) electrons. The molecule has 0 atom stereocenters. The van der Waals surface area contributed by atoms with Crippen molar-refractivity contribution in [3.63, 3.8) is 0 Å². The lowest BCUT2D eigenvalue weighted by Crippen LogP contribution is -2.43. The smallest absolute Gasteiger partial charge is 0.230 e. The second kappa shape index (κ2) is 9.34. The van der Waals surface area contributed by atoms with Crippen LogP contribution in [0.15, 0.2) is 42.5 Å². The lowest BCUT2D eigenvalue weighted by molar-refractivity contribution is -0.123. The van der Waals surface area contributed by atoms with Crippen LogP contribution in [0.5, 0.6) is 0 Å². The number of carbonyl (C=O) groups excluding carboxylic acids is 1. The molecule has 0 saturated carbocycles. The molecule has 3 aliphatic heterocycles. The van der Waals surface area contributed by atoms with Gasteiger partial charge in [0.15, 0.2) is 0 Å². The highest BCUT2D eigenvalue weighted by atomic mass is 16.5. The number of morpholine rings is 1. The number of aromatic nitrogens is 3. The summed E-state index contributed by atoms with van der Waals surface area (Å²) in [5.41, 5.74) is 5.10. The first-order valence-corrected chi connectivity index (χ1v) is 12.7. The van der Waals surface area contributed by atoms with Crippen LogP contribution in [-0.4, -0.2) is 66.8 Å². The van der Waals surface area contributed by atoms with Crippen LogP contribution in [0.2, 0.25) is 0 Å². The molecule has 0 unspecified atom stereocenters. The van der Waals surface area contributed by atoms with Crippen LogP contribution < -0.4 is 14.7 Å². The van der Waals surface area contributed by atoms with E-state index in [0.717, 1.165) is 98.8 Å². The number of aromatic amines is 1. The van der Waals surface area contributed by atoms with E-state index in [1.54, 1.807) is 0 Å². The third kappa shape index (κ3) is 4.27. The molecule has 8 heteroatoms. The standard InChI is InChI=1S/C27H32N6O2/c1-19-5-4-8-24(28-19)31-12-9-20(10-13-31)26(34)33-14-11-22-25(21-6-2-3-7-23(21)33)30-27(29-22)32-15-17-35-18-16-32/h2-8,20H,9-18H2,1H3,(H,29,30). The maximum atomic E-state index is 13.8. The van der Waals surface area contributed by atoms with E-state index in [-0.39, 0.29) is 11.8 Å². The Morgan fingerprint density at radius 2 is 1.74 bits per heavy atom. The number of carbonyl (C=O) groups is 1. The van der Waals surface area contributed by atoms with Crippen LogP contribution in [-0.2, 0) is 16.0 Å². The van der Waals surface area contributed by atoms with Crippen molar-refractivity contribution < 1.29 is 9.53 Å². The molecule has 2 saturated heterocycles. The maximum Gasteiger partial charge on any atom is 0.230 e. The molecule has 0 bridgehead atoms. The Bertz CT molecular complexity index is 1210. The van der Waals surface area contributed by atoms with E-state index in [2.05, 4.69) is 44.0 Å². The lowest BCUT2D eigenvalue weighted by atomic mass is 9.94. The maximum absolute atomic E-state index is 13.8. The SMILES string of the molecule is Cc1cccc(N2CCC(C(=O)N3CCc4[nH]c(N5CCOCC5)nc4-c4ccccc43)CC2)n1. The highest BCUT2D eigenvalue weighted by Crippen LogP contribution is 2.38. The summed E-state index contributed by atoms with van der Waals surface area (Å²) in [5, 5.41) is 0. The number of amides is 1. The van der Waals surface area contributed by atoms with E-state index in [1.165, 1.54) is 0 Å². The quantitative estimate of drug-likeness (QED) is 0.630. The molecule has 3 aromatic rings. The first-order chi connectivity index (χ1) is 17.2. The second-order valence-electron chi connectivity index (χ2n) is 9.64. The molecular formula is C27H32N6O2. The fourth-order valence-corrected chi connectivity index (χ4v) is 5.49. The minimum Gasteiger partial charge on any atom is -0.378 e. The number of fused-ring (bicyclic) bond motifs is 3. The molecule has 2 fully saturated rings. The number of aryl methyl sites for hydroxylation is 1. The van der Waals surface area contributed by atoms with Crippen LogP contribution in [0.1, 0.15) is 24.2 Å². The normalized spacial score (nSPS) is 18.7. The summed E-state index contributed by atoms with van der Waals surface area (Å²) in [6.45, 7) is 7.52. The van der Waals surface area contributed by atoms with E-state index >= 15 is 0 Å². The number of nitrogens with zero attached hydrogens (tertiary/aromatic N) is 5. The van der Waals surface area contributed by atoms with Crippen molar-refractivity contribution in [2.24, 2.45) is 5.92 Å². The zero-order chi connectivity index (χ0) is 23.8. The number of ether oxygens (including phenoxy) is 1. The summed E-state index contributed by atoms with van der Waals surface area (Å²) in [6, 6.07) is 14.3. The summed E-state index contributed by atoms with van der Waals surface area (Å²) in [6.07, 6.45) is 2.45. The van der Waals surface area contributed by atoms with Crippen molar-refractivity contribution in [3.05, 3.63) is 53.9 Å². The molecule has 1 N–H and O–H groups in total. The predicted molar refractivity (Wildman–Crippen MR) is 137 cm³/mol. The molecule has 6 rings (SSSR count). The molecule has 182 valence electrons. The fraction of sp³-hybridized carbons (Fsp3) is 0.444. The molecule has 1 amide bonds. The lowest BCUT2D eigenvalue weighted by Gasteiger charge is -2.35. The Morgan fingerprint density at radius 1 is 0.943 bits per heavy atom. The van der Waals surface area contributed by atoms with Gasteiger partial charge >= 0.3 is 0 Å². The number of para-hydroxylation sites is 1. The second-order valence-corrected chi connectivity index (χ2v) is 9.64. The van der Waals surface area contributed by atoms with E-state index < -0.39 is 0 Å². The molecule has 0 aliphatic carbocycles. The van der Waals surface area contributed by atoms with Crippen LogP contribution in [0.25, 0.3) is 11.3 Å². The van der Waals surface area contributed by atoms with Gasteiger partial charge in [0.1, 0.15) is 5.82 Å². The predicted octanol–water partition coefficient (Wildman–Crippen LogP) is 3.42. The van der Waals surface area contributed by atoms with Crippen molar-refractivity contribution in [2.75, 3.05) is 60.6 Å². The van der Waals surface area contributed by atoms with Gasteiger partial charge in [-0.3, -0.25) is 4.79 Å². The summed E-state index contributed by atoms with van der Waals surface area (Å²) in [5.74, 6) is 2.17. The van der Waals surface area contributed by atoms with Gasteiger partial charge < -0.3 is 24.4 Å². The monoisotopic (exact) mass is 472 g/mol. The van der Waals surface area contributed by atoms with E-state index in [1.807, 2.05) is 30.0 Å². The van der Waals surface area contributed by atoms with Gasteiger partial charge in [0, 0.05) is 62.0 Å². The third-order valence-corrected chi connectivity index (χ3v) is 7.42. The number of imidazole rings is 1. The Labute approximate surface area is 205 Å². The molecule has 2 aromatic heterocycles. The number of hydrogen-bond donors (Lipinski definition) is 1. The third-order valence-electron chi connectivity index (χ3n) is 7.42. The summed E-state index contributed by atoms with van der Waals surface area (Å²) in [4.78, 5) is 33.6. The van der Waals surface area contributed by atoms with Crippen molar-refractivity contribution in [2.45, 2.75) is 26.2 Å². The topological polar surface area (TPSA) is 77.6 Å². The average molecular weight is 473 g/mol. The van der Waals surface area contributed by atoms with Gasteiger partial charge in [-0.25, -0.2) is 9.97 Å². The van der Waals surface area contributed by atoms with Gasteiger partial charge in [0.2, 0.25) is 11.9 Å². The minimum absolute atomic E-state index is 0.0254. The number of hydrogen-bond acceptors (Lipinski definition) is 6. The molecular weight excluding hydrogens is 440 g/mol. The Morgan fingerprint density at radius 3 is 2.54 bits per heavy atom. The number of benzene rings is 1. The minimum atomic E-state index is 0.0254. The number of nitrogens with one attached hydrogen (secondary N) is 1. The summed E-state index contributed by atoms with van der Waals surface area (Å²) < 4.78 is 5.50. The Balaban J connectivity index is 1.21. The van der Waals surface area contributed by atoms with E-state index in [4.69, 9.17) is 9.72 Å². The highest BCUT2D eigenvalue weighted by molar-refractivity contribution is 5.99. The van der Waals surface area contributed by atoms with Crippen LogP contribution in [0.4, 0.5) is 17.5 Å². The molecule has 0 spiro atoms. The first-order valence-electron chi connectivity index (χ1n) is 12.7. The highest BCUT2D eigenvalue weighted by Gasteiger charge is 2.33. The molecule has 3 aliphatic rings. The number of anilines is 3. The number of pyridine rings is 1. The van der Waals surface area contributed by atoms with Crippen molar-refractivity contribution in [1.29, 1.82) is 0 Å². The van der Waals surface area contributed by atoms with Gasteiger partial charge in [-0.05, 0) is 38.0 Å². The molecule has 1 aromatic carbocycles. The Hall–Kier alpha value is -3.39. The van der Waals surface area contributed by atoms with E-state index in [0.29, 0.717) is 6.54 Å². The zero-order valence-corrected chi connectivity index (χ0v) is 20.2. The van der Waals surface area contributed by atoms with Gasteiger partial charge in [-0.2, -0.15) is 0 Å².